The number of nitrogens with zero attached hydrogens (tertiary/aromatic N) is 2. The third-order valence-electron chi connectivity index (χ3n) is 2.43. The van der Waals surface area contributed by atoms with Gasteiger partial charge in [0.05, 0.1) is 0 Å². The van der Waals surface area contributed by atoms with Crippen molar-refractivity contribution in [2.24, 2.45) is 0 Å². The summed E-state index contributed by atoms with van der Waals surface area (Å²) in [7, 11) is 0. The largest absolute Gasteiger partial charge is 0.396 e. The van der Waals surface area contributed by atoms with E-state index in [1.807, 2.05) is 13.8 Å². The van der Waals surface area contributed by atoms with Crippen LogP contribution in [0.2, 0.25) is 0 Å². The number of aliphatic hydroxyl groups is 1. The highest BCUT2D eigenvalue weighted by Gasteiger charge is 2.19. The summed E-state index contributed by atoms with van der Waals surface area (Å²) in [5, 5.41) is 8.82. The molecule has 0 aliphatic carbocycles. The van der Waals surface area contributed by atoms with E-state index < -0.39 is 0 Å². The molecule has 1 rings (SSSR count). The van der Waals surface area contributed by atoms with E-state index in [1.165, 1.54) is 0 Å². The van der Waals surface area contributed by atoms with Crippen LogP contribution in [0, 0.1) is 0 Å². The second kappa shape index (κ2) is 6.20. The summed E-state index contributed by atoms with van der Waals surface area (Å²) >= 11 is 0. The molecule has 0 radical (unpaired) electrons. The van der Waals surface area contributed by atoms with Crippen molar-refractivity contribution >= 4 is 11.7 Å². The number of aliphatic hydroxyl groups excluding tert-OH is 1. The number of nitrogens with two attached hydrogens (primary N) is 1. The molecule has 1 aromatic rings. The fourth-order valence-electron chi connectivity index (χ4n) is 1.55. The van der Waals surface area contributed by atoms with Crippen molar-refractivity contribution in [2.75, 3.05) is 18.9 Å². The van der Waals surface area contributed by atoms with E-state index >= 15 is 0 Å². The lowest BCUT2D eigenvalue weighted by Gasteiger charge is -2.26. The van der Waals surface area contributed by atoms with Crippen molar-refractivity contribution in [3.05, 3.63) is 23.9 Å². The highest BCUT2D eigenvalue weighted by Crippen LogP contribution is 2.08. The van der Waals surface area contributed by atoms with E-state index in [1.54, 1.807) is 23.1 Å². The molecule has 0 bridgehead atoms. The zero-order valence-corrected chi connectivity index (χ0v) is 10.3. The Hall–Kier alpha value is -1.62. The van der Waals surface area contributed by atoms with Crippen molar-refractivity contribution in [3.8, 4) is 0 Å². The highest BCUT2D eigenvalue weighted by molar-refractivity contribution is 5.92. The summed E-state index contributed by atoms with van der Waals surface area (Å²) in [6.45, 7) is 4.45. The molecule has 0 saturated carbocycles. The van der Waals surface area contributed by atoms with Crippen molar-refractivity contribution in [1.29, 1.82) is 0 Å². The minimum atomic E-state index is -0.152. The van der Waals surface area contributed by atoms with Gasteiger partial charge in [0.2, 0.25) is 0 Å². The summed E-state index contributed by atoms with van der Waals surface area (Å²) in [5.41, 5.74) is 5.90. The molecule has 0 saturated heterocycles. The van der Waals surface area contributed by atoms with E-state index in [-0.39, 0.29) is 18.6 Å². The number of pyridine rings is 1. The van der Waals surface area contributed by atoms with Crippen LogP contribution in [0.25, 0.3) is 0 Å². The quantitative estimate of drug-likeness (QED) is 0.797. The Labute approximate surface area is 101 Å². The summed E-state index contributed by atoms with van der Waals surface area (Å²) < 4.78 is 0. The maximum absolute atomic E-state index is 12.2. The molecule has 0 aromatic carbocycles. The van der Waals surface area contributed by atoms with Crippen molar-refractivity contribution in [3.63, 3.8) is 0 Å². The van der Waals surface area contributed by atoms with Crippen LogP contribution in [0.1, 0.15) is 30.8 Å². The molecule has 0 spiro atoms. The number of rotatable bonds is 5. The van der Waals surface area contributed by atoms with Crippen LogP contribution in [0.5, 0.6) is 0 Å². The van der Waals surface area contributed by atoms with Crippen LogP contribution < -0.4 is 5.73 Å². The number of anilines is 1. The maximum atomic E-state index is 12.2. The molecule has 0 aliphatic heterocycles. The molecule has 1 amide bonds. The Kier molecular flexibility index (Phi) is 4.90. The molecule has 1 heterocycles. The average molecular weight is 237 g/mol. The van der Waals surface area contributed by atoms with Crippen LogP contribution >= 0.6 is 0 Å². The van der Waals surface area contributed by atoms with Crippen LogP contribution in [0.4, 0.5) is 5.82 Å². The number of hydrogen-bond donors (Lipinski definition) is 2. The molecule has 1 aromatic heterocycles. The third-order valence-corrected chi connectivity index (χ3v) is 2.43. The van der Waals surface area contributed by atoms with Gasteiger partial charge >= 0.3 is 0 Å². The summed E-state index contributed by atoms with van der Waals surface area (Å²) in [6, 6.07) is 5.06. The van der Waals surface area contributed by atoms with Gasteiger partial charge < -0.3 is 15.7 Å². The monoisotopic (exact) mass is 237 g/mol. The number of carbonyl (C=O) groups excluding carboxylic acids is 1. The maximum Gasteiger partial charge on any atom is 0.272 e. The third kappa shape index (κ3) is 3.71. The fourth-order valence-corrected chi connectivity index (χ4v) is 1.55. The molecule has 5 heteroatoms. The van der Waals surface area contributed by atoms with Gasteiger partial charge in [-0.05, 0) is 32.4 Å². The number of carbonyl (C=O) groups is 1. The van der Waals surface area contributed by atoms with Gasteiger partial charge in [-0.2, -0.15) is 0 Å². The minimum Gasteiger partial charge on any atom is -0.396 e. The zero-order chi connectivity index (χ0) is 12.8. The second-order valence-electron chi connectivity index (χ2n) is 4.12. The summed E-state index contributed by atoms with van der Waals surface area (Å²) in [5.74, 6) is 0.183. The predicted molar refractivity (Wildman–Crippen MR) is 66.5 cm³/mol. The topological polar surface area (TPSA) is 79.5 Å². The standard InChI is InChI=1S/C12H19N3O2/c1-9(2)15(7-4-8-16)12(17)10-5-3-6-11(13)14-10/h3,5-6,9,16H,4,7-8H2,1-2H3,(H2,13,14). The van der Waals surface area contributed by atoms with Crippen LogP contribution in [-0.2, 0) is 0 Å². The summed E-state index contributed by atoms with van der Waals surface area (Å²) in [4.78, 5) is 17.9. The lowest BCUT2D eigenvalue weighted by Crippen LogP contribution is -2.38. The Bertz CT molecular complexity index is 380. The van der Waals surface area contributed by atoms with Gasteiger partial charge in [0.25, 0.3) is 5.91 Å². The molecule has 0 fully saturated rings. The van der Waals surface area contributed by atoms with Crippen LogP contribution in [0.3, 0.4) is 0 Å². The van der Waals surface area contributed by atoms with Gasteiger partial charge in [-0.3, -0.25) is 4.79 Å². The molecule has 0 aliphatic rings. The number of hydrogen-bond acceptors (Lipinski definition) is 4. The molecule has 17 heavy (non-hydrogen) atoms. The first-order valence-electron chi connectivity index (χ1n) is 5.70. The van der Waals surface area contributed by atoms with Crippen molar-refractivity contribution in [2.45, 2.75) is 26.3 Å². The first kappa shape index (κ1) is 13.4. The molecule has 3 N–H and O–H groups in total. The van der Waals surface area contributed by atoms with Crippen LogP contribution in [-0.4, -0.2) is 40.1 Å². The Balaban J connectivity index is 2.84. The van der Waals surface area contributed by atoms with Gasteiger partial charge in [0.1, 0.15) is 11.5 Å². The molecule has 94 valence electrons. The Morgan fingerprint density at radius 1 is 1.53 bits per heavy atom. The Morgan fingerprint density at radius 2 is 2.24 bits per heavy atom. The SMILES string of the molecule is CC(C)N(CCCO)C(=O)c1cccc(N)n1. The van der Waals surface area contributed by atoms with Gasteiger partial charge in [0.15, 0.2) is 0 Å². The number of amides is 1. The van der Waals surface area contributed by atoms with E-state index in [4.69, 9.17) is 10.8 Å². The summed E-state index contributed by atoms with van der Waals surface area (Å²) in [6.07, 6.45) is 0.562. The lowest BCUT2D eigenvalue weighted by molar-refractivity contribution is 0.0687. The molecular weight excluding hydrogens is 218 g/mol. The van der Waals surface area contributed by atoms with Crippen molar-refractivity contribution in [1.82, 2.24) is 9.88 Å². The number of aromatic nitrogens is 1. The molecule has 0 atom stereocenters. The molecule has 0 unspecified atom stereocenters. The minimum absolute atomic E-state index is 0.0669. The zero-order valence-electron chi connectivity index (χ0n) is 10.3. The van der Waals surface area contributed by atoms with Gasteiger partial charge in [-0.15, -0.1) is 0 Å². The second-order valence-corrected chi connectivity index (χ2v) is 4.12. The van der Waals surface area contributed by atoms with E-state index in [0.717, 1.165) is 0 Å². The van der Waals surface area contributed by atoms with Gasteiger partial charge in [-0.25, -0.2) is 4.98 Å². The van der Waals surface area contributed by atoms with E-state index in [0.29, 0.717) is 24.5 Å². The van der Waals surface area contributed by atoms with Gasteiger partial charge in [0, 0.05) is 19.2 Å². The van der Waals surface area contributed by atoms with Gasteiger partial charge in [-0.1, -0.05) is 6.07 Å². The van der Waals surface area contributed by atoms with E-state index in [2.05, 4.69) is 4.98 Å². The Morgan fingerprint density at radius 3 is 2.76 bits per heavy atom. The van der Waals surface area contributed by atoms with Crippen molar-refractivity contribution < 1.29 is 9.90 Å². The smallest absolute Gasteiger partial charge is 0.272 e. The molecular formula is C12H19N3O2. The predicted octanol–water partition coefficient (Wildman–Crippen LogP) is 0.897. The lowest BCUT2D eigenvalue weighted by atomic mass is 10.2. The van der Waals surface area contributed by atoms with E-state index in [9.17, 15) is 4.79 Å². The fraction of sp³-hybridized carbons (Fsp3) is 0.500. The first-order valence-corrected chi connectivity index (χ1v) is 5.70. The average Bonchev–Trinajstić information content (AvgIpc) is 2.29. The molecule has 5 nitrogen and oxygen atoms in total. The highest BCUT2D eigenvalue weighted by atomic mass is 16.3. The first-order chi connectivity index (χ1) is 8.06. The van der Waals surface area contributed by atoms with Crippen LogP contribution in [0.15, 0.2) is 18.2 Å². The normalized spacial score (nSPS) is 10.6. The number of nitrogen functional groups attached to an aromatic ring is 1.